The molecule has 2 aromatic rings. The molecule has 110 valence electrons. The van der Waals surface area contributed by atoms with E-state index in [2.05, 4.69) is 0 Å². The number of hydrogen-bond donors (Lipinski definition) is 1. The Hall–Kier alpha value is -1.14. The summed E-state index contributed by atoms with van der Waals surface area (Å²) in [5.74, 6) is -0.217. The van der Waals surface area contributed by atoms with Crippen LogP contribution in [0.25, 0.3) is 0 Å². The van der Waals surface area contributed by atoms with Crippen LogP contribution in [0.4, 0.5) is 5.69 Å². The van der Waals surface area contributed by atoms with Gasteiger partial charge in [0.2, 0.25) is 0 Å². The van der Waals surface area contributed by atoms with Crippen LogP contribution in [0.2, 0.25) is 8.67 Å². The fraction of sp³-hybridized carbons (Fsp3) is 0.143. The van der Waals surface area contributed by atoms with Gasteiger partial charge < -0.3 is 10.6 Å². The summed E-state index contributed by atoms with van der Waals surface area (Å²) in [6.45, 7) is 0.391. The summed E-state index contributed by atoms with van der Waals surface area (Å²) in [6, 6.07) is 10.9. The van der Waals surface area contributed by atoms with Crippen LogP contribution in [0.3, 0.4) is 0 Å². The molecule has 0 aliphatic rings. The summed E-state index contributed by atoms with van der Waals surface area (Å²) in [6.07, 6.45) is 0.436. The van der Waals surface area contributed by atoms with E-state index in [9.17, 15) is 4.79 Å². The molecule has 0 saturated carbocycles. The number of carbonyl (C=O) groups excluding carboxylic acids is 1. The van der Waals surface area contributed by atoms with Crippen molar-refractivity contribution in [2.24, 2.45) is 5.73 Å². The molecule has 1 amide bonds. The highest BCUT2D eigenvalue weighted by atomic mass is 35.5. The minimum Gasteiger partial charge on any atom is -0.393 e. The Morgan fingerprint density at radius 1 is 1.29 bits per heavy atom. The van der Waals surface area contributed by atoms with E-state index in [1.54, 1.807) is 11.0 Å². The Bertz CT molecular complexity index is 658. The van der Waals surface area contributed by atoms with Crippen molar-refractivity contribution >= 4 is 63.3 Å². The van der Waals surface area contributed by atoms with Crippen LogP contribution in [-0.2, 0) is 0 Å². The maximum absolute atomic E-state index is 12.7. The average Bonchev–Trinajstić information content (AvgIpc) is 2.78. The van der Waals surface area contributed by atoms with Crippen molar-refractivity contribution in [2.75, 3.05) is 11.4 Å². The Labute approximate surface area is 142 Å². The smallest absolute Gasteiger partial charge is 0.260 e. The third-order valence-electron chi connectivity index (χ3n) is 2.78. The van der Waals surface area contributed by atoms with Crippen LogP contribution in [0.5, 0.6) is 0 Å². The second-order valence-corrected chi connectivity index (χ2v) is 7.06. The summed E-state index contributed by atoms with van der Waals surface area (Å²) in [5.41, 5.74) is 6.69. The first-order chi connectivity index (χ1) is 9.99. The first-order valence-electron chi connectivity index (χ1n) is 6.09. The van der Waals surface area contributed by atoms with Gasteiger partial charge in [-0.3, -0.25) is 4.79 Å². The van der Waals surface area contributed by atoms with Gasteiger partial charge in [-0.2, -0.15) is 0 Å². The van der Waals surface area contributed by atoms with E-state index < -0.39 is 0 Å². The highest BCUT2D eigenvalue weighted by Crippen LogP contribution is 2.32. The van der Waals surface area contributed by atoms with E-state index in [4.69, 9.17) is 41.2 Å². The largest absolute Gasteiger partial charge is 0.393 e. The van der Waals surface area contributed by atoms with Gasteiger partial charge in [0.25, 0.3) is 5.91 Å². The Balaban J connectivity index is 2.32. The highest BCUT2D eigenvalue weighted by molar-refractivity contribution is 7.80. The lowest BCUT2D eigenvalue weighted by Gasteiger charge is -2.22. The van der Waals surface area contributed by atoms with Crippen molar-refractivity contribution in [3.63, 3.8) is 0 Å². The molecule has 7 heteroatoms. The second-order valence-electron chi connectivity index (χ2n) is 4.25. The molecule has 21 heavy (non-hydrogen) atoms. The zero-order valence-corrected chi connectivity index (χ0v) is 14.0. The van der Waals surface area contributed by atoms with E-state index in [1.165, 1.54) is 11.3 Å². The zero-order chi connectivity index (χ0) is 15.4. The lowest BCUT2D eigenvalue weighted by Crippen LogP contribution is -2.33. The van der Waals surface area contributed by atoms with E-state index in [-0.39, 0.29) is 5.91 Å². The number of anilines is 1. The molecule has 0 radical (unpaired) electrons. The first kappa shape index (κ1) is 16.2. The van der Waals surface area contributed by atoms with E-state index >= 15 is 0 Å². The molecular weight excluding hydrogens is 347 g/mol. The van der Waals surface area contributed by atoms with Crippen molar-refractivity contribution in [3.8, 4) is 0 Å². The van der Waals surface area contributed by atoms with Crippen LogP contribution in [0.1, 0.15) is 16.8 Å². The van der Waals surface area contributed by atoms with E-state index in [0.29, 0.717) is 32.2 Å². The van der Waals surface area contributed by atoms with Crippen molar-refractivity contribution in [1.82, 2.24) is 0 Å². The van der Waals surface area contributed by atoms with Crippen LogP contribution in [-0.4, -0.2) is 17.4 Å². The molecule has 0 spiro atoms. The molecule has 2 rings (SSSR count). The van der Waals surface area contributed by atoms with Gasteiger partial charge in [-0.25, -0.2) is 0 Å². The summed E-state index contributed by atoms with van der Waals surface area (Å²) >= 11 is 18.0. The van der Waals surface area contributed by atoms with Crippen molar-refractivity contribution in [3.05, 3.63) is 50.6 Å². The minimum atomic E-state index is -0.217. The molecule has 0 unspecified atom stereocenters. The monoisotopic (exact) mass is 358 g/mol. The second kappa shape index (κ2) is 7.22. The topological polar surface area (TPSA) is 46.3 Å². The summed E-state index contributed by atoms with van der Waals surface area (Å²) < 4.78 is 0.854. The van der Waals surface area contributed by atoms with E-state index in [0.717, 1.165) is 5.69 Å². The normalized spacial score (nSPS) is 10.4. The number of thiocarbonyl (C=S) groups is 1. The van der Waals surface area contributed by atoms with Gasteiger partial charge in [-0.05, 0) is 18.2 Å². The predicted octanol–water partition coefficient (Wildman–Crippen LogP) is 4.38. The molecule has 0 aliphatic carbocycles. The molecule has 0 bridgehead atoms. The quantitative estimate of drug-likeness (QED) is 0.806. The highest BCUT2D eigenvalue weighted by Gasteiger charge is 2.22. The van der Waals surface area contributed by atoms with Gasteiger partial charge in [0.05, 0.1) is 14.9 Å². The first-order valence-corrected chi connectivity index (χ1v) is 8.07. The third kappa shape index (κ3) is 4.17. The maximum Gasteiger partial charge on any atom is 0.260 e. The average molecular weight is 359 g/mol. The molecule has 1 heterocycles. The Morgan fingerprint density at radius 3 is 2.48 bits per heavy atom. The maximum atomic E-state index is 12.7. The predicted molar refractivity (Wildman–Crippen MR) is 93.9 cm³/mol. The van der Waals surface area contributed by atoms with Gasteiger partial charge in [0.1, 0.15) is 4.34 Å². The van der Waals surface area contributed by atoms with Gasteiger partial charge in [0, 0.05) is 18.7 Å². The third-order valence-corrected chi connectivity index (χ3v) is 4.47. The Morgan fingerprint density at radius 2 is 1.95 bits per heavy atom. The SMILES string of the molecule is NC(=S)CCN(C(=O)c1cc(Cl)sc1Cl)c1ccccc1. The van der Waals surface area contributed by atoms with Crippen LogP contribution < -0.4 is 10.6 Å². The van der Waals surface area contributed by atoms with Crippen LogP contribution >= 0.6 is 46.8 Å². The molecule has 0 atom stereocenters. The van der Waals surface area contributed by atoms with Gasteiger partial charge in [0.15, 0.2) is 0 Å². The number of benzene rings is 1. The molecule has 0 fully saturated rings. The molecular formula is C14H12Cl2N2OS2. The number of nitrogens with zero attached hydrogens (tertiary/aromatic N) is 1. The van der Waals surface area contributed by atoms with E-state index in [1.807, 2.05) is 30.3 Å². The number of halogens is 2. The lowest BCUT2D eigenvalue weighted by molar-refractivity contribution is 0.0988. The van der Waals surface area contributed by atoms with Gasteiger partial charge in [-0.1, -0.05) is 53.6 Å². The molecule has 3 nitrogen and oxygen atoms in total. The summed E-state index contributed by atoms with van der Waals surface area (Å²) in [4.78, 5) is 14.7. The summed E-state index contributed by atoms with van der Waals surface area (Å²) in [7, 11) is 0. The number of thiophene rings is 1. The van der Waals surface area contributed by atoms with Gasteiger partial charge in [-0.15, -0.1) is 11.3 Å². The fourth-order valence-corrected chi connectivity index (χ4v) is 3.35. The van der Waals surface area contributed by atoms with Crippen molar-refractivity contribution < 1.29 is 4.79 Å². The molecule has 2 N–H and O–H groups in total. The minimum absolute atomic E-state index is 0.217. The van der Waals surface area contributed by atoms with Crippen LogP contribution in [0.15, 0.2) is 36.4 Å². The standard InChI is InChI=1S/C14H12Cl2N2OS2/c15-11-8-10(13(16)21-11)14(19)18(7-6-12(17)20)9-4-2-1-3-5-9/h1-5,8H,6-7H2,(H2,17,20). The molecule has 0 saturated heterocycles. The lowest BCUT2D eigenvalue weighted by atomic mass is 10.2. The number of para-hydroxylation sites is 1. The molecule has 0 aliphatic heterocycles. The molecule has 1 aromatic heterocycles. The summed E-state index contributed by atoms with van der Waals surface area (Å²) in [5, 5.41) is 0. The zero-order valence-electron chi connectivity index (χ0n) is 10.9. The fourth-order valence-electron chi connectivity index (χ4n) is 1.81. The number of carbonyl (C=O) groups is 1. The molecule has 1 aromatic carbocycles. The number of hydrogen-bond acceptors (Lipinski definition) is 3. The van der Waals surface area contributed by atoms with Crippen molar-refractivity contribution in [2.45, 2.75) is 6.42 Å². The van der Waals surface area contributed by atoms with Gasteiger partial charge >= 0.3 is 0 Å². The van der Waals surface area contributed by atoms with Crippen molar-refractivity contribution in [1.29, 1.82) is 0 Å². The number of rotatable bonds is 5. The number of nitrogens with two attached hydrogens (primary N) is 1. The number of amides is 1. The van der Waals surface area contributed by atoms with Crippen LogP contribution in [0, 0.1) is 0 Å². The Kier molecular flexibility index (Phi) is 5.58.